The van der Waals surface area contributed by atoms with Crippen LogP contribution < -0.4 is 4.72 Å². The van der Waals surface area contributed by atoms with E-state index in [2.05, 4.69) is 9.71 Å². The van der Waals surface area contributed by atoms with Crippen molar-refractivity contribution in [3.05, 3.63) is 48.1 Å². The van der Waals surface area contributed by atoms with Crippen molar-refractivity contribution in [1.82, 2.24) is 14.3 Å². The van der Waals surface area contributed by atoms with Crippen LogP contribution in [0.5, 0.6) is 0 Å². The number of halogens is 2. The van der Waals surface area contributed by atoms with Crippen LogP contribution in [-0.2, 0) is 16.6 Å². The van der Waals surface area contributed by atoms with Gasteiger partial charge in [0.15, 0.2) is 0 Å². The Balaban J connectivity index is 1.67. The van der Waals surface area contributed by atoms with E-state index in [4.69, 9.17) is 0 Å². The molecule has 1 aliphatic carbocycles. The summed E-state index contributed by atoms with van der Waals surface area (Å²) >= 11 is 0. The van der Waals surface area contributed by atoms with E-state index in [1.54, 1.807) is 12.4 Å². The van der Waals surface area contributed by atoms with Crippen molar-refractivity contribution in [2.24, 2.45) is 0 Å². The van der Waals surface area contributed by atoms with Gasteiger partial charge in [0.25, 0.3) is 0 Å². The summed E-state index contributed by atoms with van der Waals surface area (Å²) in [7, 11) is -4.08. The van der Waals surface area contributed by atoms with Gasteiger partial charge in [0.2, 0.25) is 10.0 Å². The van der Waals surface area contributed by atoms with Gasteiger partial charge >= 0.3 is 0 Å². The van der Waals surface area contributed by atoms with Crippen molar-refractivity contribution < 1.29 is 17.2 Å². The summed E-state index contributed by atoms with van der Waals surface area (Å²) in [4.78, 5) is 3.57. The molecule has 0 unspecified atom stereocenters. The molecular formula is C14H15F2N3O2S. The highest BCUT2D eigenvalue weighted by molar-refractivity contribution is 7.89. The fourth-order valence-electron chi connectivity index (χ4n) is 2.27. The van der Waals surface area contributed by atoms with E-state index in [0.717, 1.165) is 30.8 Å². The van der Waals surface area contributed by atoms with Gasteiger partial charge in [-0.3, -0.25) is 0 Å². The standard InChI is InChI=1S/C14H15F2N3O2S/c15-11-3-4-12(16)13(9-11)22(20,21)18-6-8-19-7-5-17-14(19)10-1-2-10/h3-5,7,9-10,18H,1-2,6,8H2. The van der Waals surface area contributed by atoms with E-state index in [1.165, 1.54) is 0 Å². The molecule has 1 heterocycles. The second kappa shape index (κ2) is 5.77. The van der Waals surface area contributed by atoms with Crippen molar-refractivity contribution >= 4 is 10.0 Å². The fourth-order valence-corrected chi connectivity index (χ4v) is 3.38. The third-order valence-electron chi connectivity index (χ3n) is 3.52. The normalized spacial score (nSPS) is 15.2. The van der Waals surface area contributed by atoms with Crippen molar-refractivity contribution in [3.63, 3.8) is 0 Å². The molecule has 1 N–H and O–H groups in total. The maximum atomic E-state index is 13.5. The summed E-state index contributed by atoms with van der Waals surface area (Å²) in [6, 6.07) is 2.34. The van der Waals surface area contributed by atoms with Crippen LogP contribution in [0.3, 0.4) is 0 Å². The number of benzene rings is 1. The van der Waals surface area contributed by atoms with E-state index in [1.807, 2.05) is 4.57 Å². The second-order valence-corrected chi connectivity index (χ2v) is 6.96. The van der Waals surface area contributed by atoms with Crippen LogP contribution in [-0.4, -0.2) is 24.5 Å². The first-order valence-corrected chi connectivity index (χ1v) is 8.41. The number of nitrogens with zero attached hydrogens (tertiary/aromatic N) is 2. The summed E-state index contributed by atoms with van der Waals surface area (Å²) in [6.45, 7) is 0.469. The Hall–Kier alpha value is -1.80. The van der Waals surface area contributed by atoms with Crippen molar-refractivity contribution in [1.29, 1.82) is 0 Å². The fraction of sp³-hybridized carbons (Fsp3) is 0.357. The first kappa shape index (κ1) is 15.1. The van der Waals surface area contributed by atoms with E-state index < -0.39 is 26.6 Å². The van der Waals surface area contributed by atoms with Gasteiger partial charge in [-0.1, -0.05) is 0 Å². The van der Waals surface area contributed by atoms with Crippen LogP contribution in [0.1, 0.15) is 24.6 Å². The molecule has 0 amide bonds. The smallest absolute Gasteiger partial charge is 0.243 e. The largest absolute Gasteiger partial charge is 0.333 e. The maximum Gasteiger partial charge on any atom is 0.243 e. The molecule has 0 bridgehead atoms. The molecule has 1 saturated carbocycles. The van der Waals surface area contributed by atoms with Crippen LogP contribution in [0.15, 0.2) is 35.5 Å². The van der Waals surface area contributed by atoms with E-state index in [-0.39, 0.29) is 6.54 Å². The number of rotatable bonds is 6. The summed E-state index contributed by atoms with van der Waals surface area (Å²) in [5, 5.41) is 0. The monoisotopic (exact) mass is 327 g/mol. The lowest BCUT2D eigenvalue weighted by atomic mass is 10.3. The lowest BCUT2D eigenvalue weighted by Gasteiger charge is -2.10. The number of sulfonamides is 1. The molecule has 0 spiro atoms. The molecule has 3 rings (SSSR count). The van der Waals surface area contributed by atoms with Crippen molar-refractivity contribution in [2.75, 3.05) is 6.54 Å². The Bertz CT molecular complexity index is 785. The van der Waals surface area contributed by atoms with Gasteiger partial charge in [-0.05, 0) is 31.0 Å². The number of hydrogen-bond donors (Lipinski definition) is 1. The highest BCUT2D eigenvalue weighted by Crippen LogP contribution is 2.38. The van der Waals surface area contributed by atoms with Gasteiger partial charge in [-0.2, -0.15) is 0 Å². The van der Waals surface area contributed by atoms with Crippen molar-refractivity contribution in [3.8, 4) is 0 Å². The van der Waals surface area contributed by atoms with E-state index >= 15 is 0 Å². The lowest BCUT2D eigenvalue weighted by Crippen LogP contribution is -2.28. The molecule has 0 atom stereocenters. The molecule has 5 nitrogen and oxygen atoms in total. The third-order valence-corrected chi connectivity index (χ3v) is 4.99. The zero-order valence-corrected chi connectivity index (χ0v) is 12.5. The minimum absolute atomic E-state index is 0.0777. The molecule has 22 heavy (non-hydrogen) atoms. The van der Waals surface area contributed by atoms with Crippen molar-refractivity contribution in [2.45, 2.75) is 30.2 Å². The summed E-state index contributed by atoms with van der Waals surface area (Å²) in [6.07, 6.45) is 5.65. The molecular weight excluding hydrogens is 312 g/mol. The molecule has 1 fully saturated rings. The first-order valence-electron chi connectivity index (χ1n) is 6.93. The molecule has 1 aliphatic rings. The number of imidazole rings is 1. The van der Waals surface area contributed by atoms with Crippen LogP contribution in [0, 0.1) is 11.6 Å². The summed E-state index contributed by atoms with van der Waals surface area (Å²) in [5.74, 6) is -0.383. The zero-order chi connectivity index (χ0) is 15.7. The maximum absolute atomic E-state index is 13.5. The molecule has 118 valence electrons. The van der Waals surface area contributed by atoms with Gasteiger partial charge in [0.05, 0.1) is 0 Å². The molecule has 0 radical (unpaired) electrons. The molecule has 8 heteroatoms. The van der Waals surface area contributed by atoms with Crippen LogP contribution in [0.2, 0.25) is 0 Å². The molecule has 0 saturated heterocycles. The second-order valence-electron chi connectivity index (χ2n) is 5.23. The van der Waals surface area contributed by atoms with Crippen LogP contribution in [0.25, 0.3) is 0 Å². The molecule has 1 aromatic heterocycles. The molecule has 0 aliphatic heterocycles. The number of nitrogens with one attached hydrogen (secondary N) is 1. The Morgan fingerprint density at radius 1 is 1.32 bits per heavy atom. The Kier molecular flexibility index (Phi) is 3.96. The van der Waals surface area contributed by atoms with Gasteiger partial charge in [-0.15, -0.1) is 0 Å². The lowest BCUT2D eigenvalue weighted by molar-refractivity contribution is 0.540. The average molecular weight is 327 g/mol. The SMILES string of the molecule is O=S(=O)(NCCn1ccnc1C1CC1)c1cc(F)ccc1F. The first-order chi connectivity index (χ1) is 10.5. The van der Waals surface area contributed by atoms with E-state index in [0.29, 0.717) is 18.5 Å². The Labute approximate surface area is 127 Å². The topological polar surface area (TPSA) is 64.0 Å². The van der Waals surface area contributed by atoms with Gasteiger partial charge in [-0.25, -0.2) is 26.9 Å². The van der Waals surface area contributed by atoms with Gasteiger partial charge in [0, 0.05) is 31.4 Å². The number of aromatic nitrogens is 2. The van der Waals surface area contributed by atoms with Crippen LogP contribution >= 0.6 is 0 Å². The highest BCUT2D eigenvalue weighted by atomic mass is 32.2. The zero-order valence-electron chi connectivity index (χ0n) is 11.7. The predicted molar refractivity (Wildman–Crippen MR) is 75.7 cm³/mol. The summed E-state index contributed by atoms with van der Waals surface area (Å²) < 4.78 is 54.9. The van der Waals surface area contributed by atoms with E-state index in [9.17, 15) is 17.2 Å². The third kappa shape index (κ3) is 3.17. The minimum Gasteiger partial charge on any atom is -0.333 e. The Morgan fingerprint density at radius 3 is 2.82 bits per heavy atom. The van der Waals surface area contributed by atoms with Gasteiger partial charge < -0.3 is 4.57 Å². The average Bonchev–Trinajstić information content (AvgIpc) is 3.21. The summed E-state index contributed by atoms with van der Waals surface area (Å²) in [5.41, 5.74) is 0. The highest BCUT2D eigenvalue weighted by Gasteiger charge is 2.27. The predicted octanol–water partition coefficient (Wildman–Crippen LogP) is 2.02. The Morgan fingerprint density at radius 2 is 2.09 bits per heavy atom. The molecule has 1 aromatic carbocycles. The van der Waals surface area contributed by atoms with Gasteiger partial charge in [0.1, 0.15) is 22.4 Å². The number of hydrogen-bond acceptors (Lipinski definition) is 3. The molecule has 2 aromatic rings. The van der Waals surface area contributed by atoms with Crippen LogP contribution in [0.4, 0.5) is 8.78 Å². The quantitative estimate of drug-likeness (QED) is 0.883. The minimum atomic E-state index is -4.08.